The molecule has 0 aromatic heterocycles. The lowest BCUT2D eigenvalue weighted by molar-refractivity contribution is -0.119. The molecule has 2 N–H and O–H groups in total. The van der Waals surface area contributed by atoms with Gasteiger partial charge in [0.15, 0.2) is 0 Å². The Hall–Kier alpha value is -1.07. The van der Waals surface area contributed by atoms with Gasteiger partial charge in [0.1, 0.15) is 5.75 Å². The summed E-state index contributed by atoms with van der Waals surface area (Å²) in [5.41, 5.74) is 7.70. The van der Waals surface area contributed by atoms with Crippen LogP contribution in [-0.4, -0.2) is 31.0 Å². The fourth-order valence-corrected chi connectivity index (χ4v) is 2.91. The Balaban J connectivity index is 2.22. The van der Waals surface area contributed by atoms with Gasteiger partial charge in [0.25, 0.3) is 0 Å². The summed E-state index contributed by atoms with van der Waals surface area (Å²) in [6.45, 7) is 1.94. The van der Waals surface area contributed by atoms with Crippen LogP contribution in [0.4, 0.5) is 0 Å². The number of primary amides is 1. The Kier molecular flexibility index (Phi) is 3.69. The first-order chi connectivity index (χ1) is 8.11. The Bertz CT molecular complexity index is 448. The normalized spacial score (nSPS) is 15.4. The Morgan fingerprint density at radius 2 is 2.35 bits per heavy atom. The van der Waals surface area contributed by atoms with Crippen molar-refractivity contribution < 1.29 is 9.53 Å². The number of benzene rings is 1. The van der Waals surface area contributed by atoms with Crippen molar-refractivity contribution >= 4 is 21.8 Å². The molecule has 1 heterocycles. The van der Waals surface area contributed by atoms with Crippen LogP contribution in [0.5, 0.6) is 5.75 Å². The molecule has 5 heteroatoms. The zero-order chi connectivity index (χ0) is 12.4. The minimum atomic E-state index is -0.277. The molecule has 0 aliphatic carbocycles. The van der Waals surface area contributed by atoms with E-state index < -0.39 is 0 Å². The molecular weight excluding hydrogens is 284 g/mol. The van der Waals surface area contributed by atoms with E-state index >= 15 is 0 Å². The highest BCUT2D eigenvalue weighted by Gasteiger charge is 2.20. The molecule has 0 atom stereocenters. The number of carbonyl (C=O) groups is 1. The zero-order valence-electron chi connectivity index (χ0n) is 9.70. The molecule has 1 amide bonds. The molecule has 0 bridgehead atoms. The number of nitrogens with two attached hydrogens (primary N) is 1. The van der Waals surface area contributed by atoms with Gasteiger partial charge in [0, 0.05) is 13.1 Å². The molecule has 1 aromatic carbocycles. The molecule has 1 aliphatic rings. The number of rotatable bonds is 3. The summed E-state index contributed by atoms with van der Waals surface area (Å²) in [5, 5.41) is 0. The average Bonchev–Trinajstić information content (AvgIpc) is 2.28. The molecular formula is C12H15BrN2O2. The number of ether oxygens (including phenoxy) is 1. The highest BCUT2D eigenvalue weighted by molar-refractivity contribution is 9.10. The van der Waals surface area contributed by atoms with Crippen LogP contribution in [-0.2, 0) is 17.8 Å². The molecule has 92 valence electrons. The summed E-state index contributed by atoms with van der Waals surface area (Å²) in [6, 6.07) is 3.99. The number of halogens is 1. The lowest BCUT2D eigenvalue weighted by Gasteiger charge is -2.28. The van der Waals surface area contributed by atoms with Crippen molar-refractivity contribution in [2.45, 2.75) is 13.0 Å². The highest BCUT2D eigenvalue weighted by Crippen LogP contribution is 2.33. The molecule has 1 aliphatic heterocycles. The fourth-order valence-electron chi connectivity index (χ4n) is 2.16. The van der Waals surface area contributed by atoms with E-state index in [1.54, 1.807) is 7.11 Å². The van der Waals surface area contributed by atoms with Gasteiger partial charge in [0.2, 0.25) is 5.91 Å². The number of hydrogen-bond donors (Lipinski definition) is 1. The predicted octanol–water partition coefficient (Wildman–Crippen LogP) is 1.30. The van der Waals surface area contributed by atoms with Crippen LogP contribution < -0.4 is 10.5 Å². The van der Waals surface area contributed by atoms with Crippen molar-refractivity contribution in [2.75, 3.05) is 20.2 Å². The Morgan fingerprint density at radius 3 is 3.00 bits per heavy atom. The predicted molar refractivity (Wildman–Crippen MR) is 68.9 cm³/mol. The topological polar surface area (TPSA) is 55.6 Å². The van der Waals surface area contributed by atoms with Crippen molar-refractivity contribution in [3.05, 3.63) is 27.7 Å². The quantitative estimate of drug-likeness (QED) is 0.915. The summed E-state index contributed by atoms with van der Waals surface area (Å²) < 4.78 is 6.29. The van der Waals surface area contributed by atoms with E-state index in [9.17, 15) is 4.79 Å². The number of carbonyl (C=O) groups excluding carboxylic acids is 1. The average molecular weight is 299 g/mol. The van der Waals surface area contributed by atoms with Crippen molar-refractivity contribution in [3.8, 4) is 5.75 Å². The van der Waals surface area contributed by atoms with Crippen LogP contribution in [0.15, 0.2) is 16.6 Å². The van der Waals surface area contributed by atoms with E-state index in [2.05, 4.69) is 20.8 Å². The van der Waals surface area contributed by atoms with Crippen LogP contribution in [0.3, 0.4) is 0 Å². The lowest BCUT2D eigenvalue weighted by Crippen LogP contribution is -2.37. The van der Waals surface area contributed by atoms with Gasteiger partial charge in [-0.2, -0.15) is 0 Å². The summed E-state index contributed by atoms with van der Waals surface area (Å²) >= 11 is 3.56. The van der Waals surface area contributed by atoms with E-state index in [4.69, 9.17) is 10.5 Å². The van der Waals surface area contributed by atoms with Gasteiger partial charge in [-0.15, -0.1) is 0 Å². The molecule has 0 saturated heterocycles. The number of fused-ring (bicyclic) bond motifs is 1. The van der Waals surface area contributed by atoms with Gasteiger partial charge in [-0.05, 0) is 39.5 Å². The molecule has 0 spiro atoms. The smallest absolute Gasteiger partial charge is 0.231 e. The van der Waals surface area contributed by atoms with Gasteiger partial charge in [0.05, 0.1) is 18.1 Å². The van der Waals surface area contributed by atoms with Gasteiger partial charge in [-0.1, -0.05) is 6.07 Å². The fraction of sp³-hybridized carbons (Fsp3) is 0.417. The lowest BCUT2D eigenvalue weighted by atomic mass is 9.99. The summed E-state index contributed by atoms with van der Waals surface area (Å²) in [7, 11) is 1.66. The van der Waals surface area contributed by atoms with E-state index in [1.165, 1.54) is 11.1 Å². The highest BCUT2D eigenvalue weighted by atomic mass is 79.9. The maximum absolute atomic E-state index is 10.9. The molecule has 17 heavy (non-hydrogen) atoms. The van der Waals surface area contributed by atoms with Crippen molar-refractivity contribution in [3.63, 3.8) is 0 Å². The summed E-state index contributed by atoms with van der Waals surface area (Å²) in [4.78, 5) is 13.0. The molecule has 2 rings (SSSR count). The number of nitrogens with zero attached hydrogens (tertiary/aromatic N) is 1. The van der Waals surface area contributed by atoms with Gasteiger partial charge in [-0.25, -0.2) is 0 Å². The number of amides is 1. The third-order valence-electron chi connectivity index (χ3n) is 2.98. The van der Waals surface area contributed by atoms with Crippen LogP contribution in [0.1, 0.15) is 11.1 Å². The first kappa shape index (κ1) is 12.4. The molecule has 0 saturated carbocycles. The minimum absolute atomic E-state index is 0.277. The van der Waals surface area contributed by atoms with Crippen LogP contribution in [0.2, 0.25) is 0 Å². The standard InChI is InChI=1S/C12H15BrN2O2/c1-17-10-3-2-8-6-15(7-11(14)16)5-4-9(8)12(10)13/h2-3H,4-7H2,1H3,(H2,14,16). The zero-order valence-corrected chi connectivity index (χ0v) is 11.3. The first-order valence-electron chi connectivity index (χ1n) is 5.46. The van der Waals surface area contributed by atoms with Crippen molar-refractivity contribution in [1.82, 2.24) is 4.90 Å². The monoisotopic (exact) mass is 298 g/mol. The maximum Gasteiger partial charge on any atom is 0.231 e. The van der Waals surface area contributed by atoms with E-state index in [1.807, 2.05) is 12.1 Å². The maximum atomic E-state index is 10.9. The molecule has 0 radical (unpaired) electrons. The second kappa shape index (κ2) is 5.06. The second-order valence-corrected chi connectivity index (χ2v) is 4.94. The third-order valence-corrected chi connectivity index (χ3v) is 3.85. The van der Waals surface area contributed by atoms with Crippen LogP contribution in [0.25, 0.3) is 0 Å². The van der Waals surface area contributed by atoms with Gasteiger partial charge < -0.3 is 10.5 Å². The van der Waals surface area contributed by atoms with Crippen molar-refractivity contribution in [2.24, 2.45) is 5.73 Å². The van der Waals surface area contributed by atoms with Crippen molar-refractivity contribution in [1.29, 1.82) is 0 Å². The van der Waals surface area contributed by atoms with E-state index in [-0.39, 0.29) is 5.91 Å². The Morgan fingerprint density at radius 1 is 1.59 bits per heavy atom. The Labute approximate surface area is 109 Å². The number of methoxy groups -OCH3 is 1. The SMILES string of the molecule is COc1ccc2c(c1Br)CCN(CC(N)=O)C2. The molecule has 0 fully saturated rings. The second-order valence-electron chi connectivity index (χ2n) is 4.15. The van der Waals surface area contributed by atoms with Gasteiger partial charge >= 0.3 is 0 Å². The first-order valence-corrected chi connectivity index (χ1v) is 6.26. The largest absolute Gasteiger partial charge is 0.496 e. The van der Waals surface area contributed by atoms with Crippen LogP contribution >= 0.6 is 15.9 Å². The number of hydrogen-bond acceptors (Lipinski definition) is 3. The summed E-state index contributed by atoms with van der Waals surface area (Å²) in [6.07, 6.45) is 0.903. The molecule has 0 unspecified atom stereocenters. The molecule has 4 nitrogen and oxygen atoms in total. The minimum Gasteiger partial charge on any atom is -0.496 e. The third kappa shape index (κ3) is 2.61. The van der Waals surface area contributed by atoms with E-state index in [0.29, 0.717) is 6.54 Å². The molecule has 1 aromatic rings. The summed E-state index contributed by atoms with van der Waals surface area (Å²) in [5.74, 6) is 0.577. The van der Waals surface area contributed by atoms with Gasteiger partial charge in [-0.3, -0.25) is 9.69 Å². The van der Waals surface area contributed by atoms with Crippen LogP contribution in [0, 0.1) is 0 Å². The van der Waals surface area contributed by atoms with E-state index in [0.717, 1.165) is 29.7 Å².